The van der Waals surface area contributed by atoms with Gasteiger partial charge in [0.2, 0.25) is 5.88 Å². The van der Waals surface area contributed by atoms with Gasteiger partial charge in [0.1, 0.15) is 0 Å². The van der Waals surface area contributed by atoms with Crippen LogP contribution in [0.4, 0.5) is 4.39 Å². The zero-order valence-corrected chi connectivity index (χ0v) is 13.2. The Morgan fingerprint density at radius 1 is 1.13 bits per heavy atom. The fourth-order valence-electron chi connectivity index (χ4n) is 2.50. The van der Waals surface area contributed by atoms with E-state index in [0.717, 1.165) is 16.8 Å². The molecule has 0 unspecified atom stereocenters. The van der Waals surface area contributed by atoms with Crippen LogP contribution in [0.3, 0.4) is 0 Å². The predicted octanol–water partition coefficient (Wildman–Crippen LogP) is 3.70. The Kier molecular flexibility index (Phi) is 4.37. The number of ether oxygens (including phenoxy) is 1. The van der Waals surface area contributed by atoms with E-state index in [0.29, 0.717) is 18.9 Å². The van der Waals surface area contributed by atoms with Crippen molar-refractivity contribution in [2.45, 2.75) is 20.3 Å². The van der Waals surface area contributed by atoms with Crippen molar-refractivity contribution in [3.8, 4) is 11.7 Å². The van der Waals surface area contributed by atoms with Crippen LogP contribution in [0.5, 0.6) is 5.88 Å². The molecule has 0 atom stereocenters. The summed E-state index contributed by atoms with van der Waals surface area (Å²) < 4.78 is 21.2. The molecule has 0 amide bonds. The zero-order chi connectivity index (χ0) is 16.2. The summed E-state index contributed by atoms with van der Waals surface area (Å²) in [6.45, 7) is 4.31. The minimum absolute atomic E-state index is 0.185. The van der Waals surface area contributed by atoms with Crippen LogP contribution in [0.25, 0.3) is 5.82 Å². The van der Waals surface area contributed by atoms with Crippen molar-refractivity contribution in [1.82, 2.24) is 14.8 Å². The lowest BCUT2D eigenvalue weighted by atomic mass is 10.1. The van der Waals surface area contributed by atoms with Crippen molar-refractivity contribution in [3.63, 3.8) is 0 Å². The number of pyridine rings is 1. The van der Waals surface area contributed by atoms with Gasteiger partial charge in [0, 0.05) is 18.2 Å². The molecule has 2 aromatic heterocycles. The van der Waals surface area contributed by atoms with Crippen molar-refractivity contribution in [2.75, 3.05) is 6.61 Å². The molecule has 0 aliphatic rings. The minimum atomic E-state index is -0.410. The molecule has 5 heteroatoms. The Hall–Kier alpha value is -2.69. The molecule has 3 aromatic rings. The van der Waals surface area contributed by atoms with Gasteiger partial charge in [-0.05, 0) is 31.5 Å². The first kappa shape index (κ1) is 15.2. The normalized spacial score (nSPS) is 10.7. The van der Waals surface area contributed by atoms with Crippen LogP contribution in [0.2, 0.25) is 0 Å². The molecule has 3 rings (SSSR count). The molecule has 23 heavy (non-hydrogen) atoms. The summed E-state index contributed by atoms with van der Waals surface area (Å²) in [4.78, 5) is 4.10. The first-order valence-corrected chi connectivity index (χ1v) is 7.56. The number of hydrogen-bond acceptors (Lipinski definition) is 3. The molecule has 4 nitrogen and oxygen atoms in total. The molecular weight excluding hydrogens is 293 g/mol. The van der Waals surface area contributed by atoms with Gasteiger partial charge in [0.15, 0.2) is 11.6 Å². The lowest BCUT2D eigenvalue weighted by molar-refractivity contribution is 0.321. The highest BCUT2D eigenvalue weighted by molar-refractivity contribution is 5.40. The molecule has 1 aromatic carbocycles. The van der Waals surface area contributed by atoms with Crippen LogP contribution in [0.1, 0.15) is 23.7 Å². The molecule has 0 aliphatic heterocycles. The van der Waals surface area contributed by atoms with Crippen molar-refractivity contribution in [1.29, 1.82) is 0 Å². The van der Waals surface area contributed by atoms with Gasteiger partial charge in [-0.25, -0.2) is 14.1 Å². The Labute approximate surface area is 134 Å². The van der Waals surface area contributed by atoms with Gasteiger partial charge in [0.05, 0.1) is 12.3 Å². The molecule has 0 fully saturated rings. The Balaban J connectivity index is 2.06. The lowest BCUT2D eigenvalue weighted by Crippen LogP contribution is -2.05. The van der Waals surface area contributed by atoms with Gasteiger partial charge in [-0.3, -0.25) is 0 Å². The molecule has 0 saturated heterocycles. The minimum Gasteiger partial charge on any atom is -0.477 e. The zero-order valence-electron chi connectivity index (χ0n) is 13.2. The summed E-state index contributed by atoms with van der Waals surface area (Å²) in [6.07, 6.45) is 2.23. The van der Waals surface area contributed by atoms with E-state index >= 15 is 0 Å². The van der Waals surface area contributed by atoms with Crippen molar-refractivity contribution in [2.24, 2.45) is 0 Å². The molecule has 0 spiro atoms. The highest BCUT2D eigenvalue weighted by atomic mass is 19.1. The SMILES string of the molecule is CCOc1nn(-c2ncccc2F)c(C)c1Cc1ccccc1. The molecule has 0 aliphatic carbocycles. The van der Waals surface area contributed by atoms with E-state index in [-0.39, 0.29) is 5.82 Å². The first-order valence-electron chi connectivity index (χ1n) is 7.56. The second kappa shape index (κ2) is 6.60. The molecular formula is C18H18FN3O. The van der Waals surface area contributed by atoms with E-state index in [1.54, 1.807) is 12.3 Å². The summed E-state index contributed by atoms with van der Waals surface area (Å²) in [7, 11) is 0. The maximum Gasteiger partial charge on any atom is 0.237 e. The average Bonchev–Trinajstić information content (AvgIpc) is 2.86. The van der Waals surface area contributed by atoms with E-state index in [1.807, 2.05) is 44.2 Å². The molecule has 2 heterocycles. The summed E-state index contributed by atoms with van der Waals surface area (Å²) in [5, 5.41) is 4.42. The first-order chi connectivity index (χ1) is 11.2. The van der Waals surface area contributed by atoms with E-state index < -0.39 is 5.82 Å². The van der Waals surface area contributed by atoms with Crippen molar-refractivity contribution in [3.05, 3.63) is 71.3 Å². The summed E-state index contributed by atoms with van der Waals surface area (Å²) >= 11 is 0. The molecule has 0 radical (unpaired) electrons. The fourth-order valence-corrected chi connectivity index (χ4v) is 2.50. The van der Waals surface area contributed by atoms with Crippen LogP contribution in [-0.4, -0.2) is 21.4 Å². The van der Waals surface area contributed by atoms with Gasteiger partial charge in [0.25, 0.3) is 0 Å². The fraction of sp³-hybridized carbons (Fsp3) is 0.222. The van der Waals surface area contributed by atoms with E-state index in [1.165, 1.54) is 10.7 Å². The van der Waals surface area contributed by atoms with Crippen LogP contribution in [0, 0.1) is 12.7 Å². The summed E-state index contributed by atoms with van der Waals surface area (Å²) in [5.74, 6) is 0.302. The van der Waals surface area contributed by atoms with Gasteiger partial charge >= 0.3 is 0 Å². The molecule has 0 saturated carbocycles. The summed E-state index contributed by atoms with van der Waals surface area (Å²) in [5.41, 5.74) is 2.93. The van der Waals surface area contributed by atoms with Crippen LogP contribution in [-0.2, 0) is 6.42 Å². The third-order valence-corrected chi connectivity index (χ3v) is 3.65. The second-order valence-corrected chi connectivity index (χ2v) is 5.19. The molecule has 0 N–H and O–H groups in total. The molecule has 0 bridgehead atoms. The van der Waals surface area contributed by atoms with Crippen molar-refractivity contribution < 1.29 is 9.13 Å². The largest absolute Gasteiger partial charge is 0.477 e. The number of aromatic nitrogens is 3. The maximum atomic E-state index is 14.0. The predicted molar refractivity (Wildman–Crippen MR) is 86.5 cm³/mol. The van der Waals surface area contributed by atoms with Crippen LogP contribution in [0.15, 0.2) is 48.7 Å². The monoisotopic (exact) mass is 311 g/mol. The Morgan fingerprint density at radius 3 is 2.61 bits per heavy atom. The number of benzene rings is 1. The number of hydrogen-bond donors (Lipinski definition) is 0. The number of nitrogens with zero attached hydrogens (tertiary/aromatic N) is 3. The second-order valence-electron chi connectivity index (χ2n) is 5.19. The number of rotatable bonds is 5. The molecule has 118 valence electrons. The average molecular weight is 311 g/mol. The van der Waals surface area contributed by atoms with E-state index in [9.17, 15) is 4.39 Å². The Morgan fingerprint density at radius 2 is 1.91 bits per heavy atom. The van der Waals surface area contributed by atoms with Gasteiger partial charge in [-0.1, -0.05) is 30.3 Å². The number of halogens is 1. The van der Waals surface area contributed by atoms with Crippen LogP contribution < -0.4 is 4.74 Å². The maximum absolute atomic E-state index is 14.0. The highest BCUT2D eigenvalue weighted by Gasteiger charge is 2.19. The van der Waals surface area contributed by atoms with Gasteiger partial charge in [-0.2, -0.15) is 0 Å². The van der Waals surface area contributed by atoms with Crippen molar-refractivity contribution >= 4 is 0 Å². The Bertz CT molecular complexity index is 799. The van der Waals surface area contributed by atoms with Gasteiger partial charge < -0.3 is 4.74 Å². The third-order valence-electron chi connectivity index (χ3n) is 3.65. The third kappa shape index (κ3) is 3.08. The van der Waals surface area contributed by atoms with Crippen LogP contribution >= 0.6 is 0 Å². The topological polar surface area (TPSA) is 39.9 Å². The lowest BCUT2D eigenvalue weighted by Gasteiger charge is -2.05. The van der Waals surface area contributed by atoms with Gasteiger partial charge in [-0.15, -0.1) is 5.10 Å². The highest BCUT2D eigenvalue weighted by Crippen LogP contribution is 2.27. The summed E-state index contributed by atoms with van der Waals surface area (Å²) in [6, 6.07) is 13.0. The quantitative estimate of drug-likeness (QED) is 0.721. The smallest absolute Gasteiger partial charge is 0.237 e. The standard InChI is InChI=1S/C18H18FN3O/c1-3-23-18-15(12-14-8-5-4-6-9-14)13(2)22(21-18)17-16(19)10-7-11-20-17/h4-11H,3,12H2,1-2H3. The van der Waals surface area contributed by atoms with E-state index in [2.05, 4.69) is 10.1 Å². The van der Waals surface area contributed by atoms with E-state index in [4.69, 9.17) is 4.74 Å².